The van der Waals surface area contributed by atoms with Gasteiger partial charge in [-0.25, -0.2) is 0 Å². The van der Waals surface area contributed by atoms with E-state index in [1.165, 1.54) is 86.5 Å². The van der Waals surface area contributed by atoms with Gasteiger partial charge in [0.2, 0.25) is 0 Å². The van der Waals surface area contributed by atoms with Crippen molar-refractivity contribution in [3.63, 3.8) is 0 Å². The van der Waals surface area contributed by atoms with Crippen LogP contribution < -0.4 is 0 Å². The Morgan fingerprint density at radius 3 is 0.868 bits per heavy atom. The molecule has 0 atom stereocenters. The lowest BCUT2D eigenvalue weighted by molar-refractivity contribution is -0.138. The first kappa shape index (κ1) is 31.6. The first-order valence-electron chi connectivity index (χ1n) is 15.1. The summed E-state index contributed by atoms with van der Waals surface area (Å²) in [7, 11) is 0. The fraction of sp³-hybridized carbons (Fsp3) is 0.588. The second-order valence-corrected chi connectivity index (χ2v) is 10.9. The Labute approximate surface area is 230 Å². The van der Waals surface area contributed by atoms with Crippen LogP contribution in [0.4, 0.5) is 0 Å². The van der Waals surface area contributed by atoms with Gasteiger partial charge >= 0.3 is 11.9 Å². The van der Waals surface area contributed by atoms with Crippen LogP contribution in [0.15, 0.2) is 48.5 Å². The van der Waals surface area contributed by atoms with Crippen molar-refractivity contribution < 1.29 is 19.8 Å². The van der Waals surface area contributed by atoms with Crippen LogP contribution in [-0.2, 0) is 35.3 Å². The van der Waals surface area contributed by atoms with Crippen LogP contribution in [0.25, 0.3) is 0 Å². The maximum absolute atomic E-state index is 10.6. The molecule has 0 unspecified atom stereocenters. The van der Waals surface area contributed by atoms with Crippen molar-refractivity contribution in [2.75, 3.05) is 0 Å². The molecule has 0 amide bonds. The van der Waals surface area contributed by atoms with Crippen molar-refractivity contribution in [3.05, 3.63) is 70.8 Å². The molecule has 0 aliphatic rings. The van der Waals surface area contributed by atoms with Gasteiger partial charge in [-0.3, -0.25) is 9.59 Å². The van der Waals surface area contributed by atoms with E-state index in [0.717, 1.165) is 51.4 Å². The average Bonchev–Trinajstić information content (AvgIpc) is 2.91. The first-order valence-corrected chi connectivity index (χ1v) is 15.1. The van der Waals surface area contributed by atoms with Crippen LogP contribution in [0.3, 0.4) is 0 Å². The summed E-state index contributed by atoms with van der Waals surface area (Å²) in [5.74, 6) is -1.39. The molecular weight excluding hydrogens is 472 g/mol. The summed E-state index contributed by atoms with van der Waals surface area (Å²) in [6.45, 7) is 0. The second-order valence-electron chi connectivity index (χ2n) is 10.9. The number of carboxylic acid groups (broad SMARTS) is 2. The molecule has 0 spiro atoms. The SMILES string of the molecule is O=C(O)CCCCCc1ccc(CCCCCCCCCCCc2ccc(CCCCC(=O)O)cc2)cc1. The fourth-order valence-corrected chi connectivity index (χ4v) is 5.03. The highest BCUT2D eigenvalue weighted by Crippen LogP contribution is 2.16. The van der Waals surface area contributed by atoms with Gasteiger partial charge in [0, 0.05) is 12.8 Å². The van der Waals surface area contributed by atoms with Crippen LogP contribution in [0.1, 0.15) is 125 Å². The minimum atomic E-state index is -0.699. The molecule has 0 saturated heterocycles. The summed E-state index contributed by atoms with van der Waals surface area (Å²) in [6.07, 6.45) is 21.4. The molecule has 2 N–H and O–H groups in total. The Hall–Kier alpha value is -2.62. The number of carboxylic acids is 2. The molecule has 0 aromatic heterocycles. The molecule has 0 aliphatic heterocycles. The molecule has 210 valence electrons. The molecule has 0 saturated carbocycles. The summed E-state index contributed by atoms with van der Waals surface area (Å²) >= 11 is 0. The number of aliphatic carboxylic acids is 2. The van der Waals surface area contributed by atoms with Gasteiger partial charge < -0.3 is 10.2 Å². The summed E-state index contributed by atoms with van der Waals surface area (Å²) in [4.78, 5) is 21.1. The topological polar surface area (TPSA) is 74.6 Å². The maximum Gasteiger partial charge on any atom is 0.303 e. The van der Waals surface area contributed by atoms with Gasteiger partial charge in [0.05, 0.1) is 0 Å². The molecule has 0 heterocycles. The minimum absolute atomic E-state index is 0.273. The summed E-state index contributed by atoms with van der Waals surface area (Å²) in [5, 5.41) is 17.4. The van der Waals surface area contributed by atoms with E-state index in [0.29, 0.717) is 0 Å². The number of hydrogen-bond donors (Lipinski definition) is 2. The lowest BCUT2D eigenvalue weighted by Gasteiger charge is -2.06. The molecule has 0 radical (unpaired) electrons. The number of rotatable bonds is 23. The highest BCUT2D eigenvalue weighted by Gasteiger charge is 2.01. The molecule has 2 rings (SSSR count). The van der Waals surface area contributed by atoms with E-state index >= 15 is 0 Å². The van der Waals surface area contributed by atoms with Crippen molar-refractivity contribution in [1.29, 1.82) is 0 Å². The van der Waals surface area contributed by atoms with Crippen LogP contribution >= 0.6 is 0 Å². The normalized spacial score (nSPS) is 11.1. The number of benzene rings is 2. The third-order valence-corrected chi connectivity index (χ3v) is 7.44. The summed E-state index contributed by atoms with van der Waals surface area (Å²) < 4.78 is 0. The van der Waals surface area contributed by atoms with Crippen LogP contribution in [0.5, 0.6) is 0 Å². The number of unbranched alkanes of at least 4 members (excludes halogenated alkanes) is 11. The number of hydrogen-bond acceptors (Lipinski definition) is 2. The smallest absolute Gasteiger partial charge is 0.303 e. The molecule has 2 aromatic rings. The monoisotopic (exact) mass is 522 g/mol. The number of carbonyl (C=O) groups is 2. The molecular formula is C34H50O4. The third kappa shape index (κ3) is 16.3. The molecule has 0 fully saturated rings. The van der Waals surface area contributed by atoms with E-state index in [9.17, 15) is 9.59 Å². The maximum atomic E-state index is 10.6. The molecule has 0 bridgehead atoms. The zero-order valence-electron chi connectivity index (χ0n) is 23.5. The predicted molar refractivity (Wildman–Crippen MR) is 157 cm³/mol. The van der Waals surface area contributed by atoms with E-state index in [2.05, 4.69) is 48.5 Å². The second kappa shape index (κ2) is 20.4. The quantitative estimate of drug-likeness (QED) is 0.143. The van der Waals surface area contributed by atoms with E-state index < -0.39 is 11.9 Å². The van der Waals surface area contributed by atoms with Crippen LogP contribution in [0.2, 0.25) is 0 Å². The van der Waals surface area contributed by atoms with Gasteiger partial charge in [0.15, 0.2) is 0 Å². The van der Waals surface area contributed by atoms with Crippen molar-refractivity contribution in [2.45, 2.75) is 128 Å². The Morgan fingerprint density at radius 1 is 0.368 bits per heavy atom. The highest BCUT2D eigenvalue weighted by atomic mass is 16.4. The Bertz CT molecular complexity index is 886. The first-order chi connectivity index (χ1) is 18.5. The van der Waals surface area contributed by atoms with Crippen LogP contribution in [0, 0.1) is 0 Å². The van der Waals surface area contributed by atoms with Gasteiger partial charge in [-0.05, 0) is 86.5 Å². The molecule has 2 aromatic carbocycles. The van der Waals surface area contributed by atoms with Gasteiger partial charge in [0.1, 0.15) is 0 Å². The fourth-order valence-electron chi connectivity index (χ4n) is 5.03. The minimum Gasteiger partial charge on any atom is -0.481 e. The molecule has 0 aliphatic carbocycles. The van der Waals surface area contributed by atoms with Gasteiger partial charge in [0.25, 0.3) is 0 Å². The van der Waals surface area contributed by atoms with Gasteiger partial charge in [-0.1, -0.05) is 99.9 Å². The van der Waals surface area contributed by atoms with Crippen molar-refractivity contribution >= 4 is 11.9 Å². The highest BCUT2D eigenvalue weighted by molar-refractivity contribution is 5.66. The van der Waals surface area contributed by atoms with E-state index in [-0.39, 0.29) is 12.8 Å². The Morgan fingerprint density at radius 2 is 0.579 bits per heavy atom. The Balaban J connectivity index is 1.39. The lowest BCUT2D eigenvalue weighted by atomic mass is 10.0. The molecule has 38 heavy (non-hydrogen) atoms. The summed E-state index contributed by atoms with van der Waals surface area (Å²) in [5.41, 5.74) is 5.53. The van der Waals surface area contributed by atoms with Crippen LogP contribution in [-0.4, -0.2) is 22.2 Å². The van der Waals surface area contributed by atoms with Crippen molar-refractivity contribution in [1.82, 2.24) is 0 Å². The van der Waals surface area contributed by atoms with Gasteiger partial charge in [-0.2, -0.15) is 0 Å². The lowest BCUT2D eigenvalue weighted by Crippen LogP contribution is -1.95. The molecule has 4 nitrogen and oxygen atoms in total. The molecule has 4 heteroatoms. The zero-order chi connectivity index (χ0) is 27.3. The predicted octanol–water partition coefficient (Wildman–Crippen LogP) is 8.97. The average molecular weight is 523 g/mol. The van der Waals surface area contributed by atoms with E-state index in [1.54, 1.807) is 0 Å². The largest absolute Gasteiger partial charge is 0.481 e. The van der Waals surface area contributed by atoms with E-state index in [1.807, 2.05) is 0 Å². The standard InChI is InChI=1S/C34H50O4/c35-33(36)19-12-8-11-17-31-23-21-29(22-24-31)15-9-6-4-2-1-3-5-7-10-16-30-25-27-32(28-26-30)18-13-14-20-34(37)38/h21-28H,1-20H2,(H,35,36)(H,37,38). The van der Waals surface area contributed by atoms with E-state index in [4.69, 9.17) is 10.2 Å². The zero-order valence-corrected chi connectivity index (χ0v) is 23.5. The van der Waals surface area contributed by atoms with Gasteiger partial charge in [-0.15, -0.1) is 0 Å². The third-order valence-electron chi connectivity index (χ3n) is 7.44. The van der Waals surface area contributed by atoms with Crippen molar-refractivity contribution in [2.24, 2.45) is 0 Å². The number of aryl methyl sites for hydroxylation is 4. The van der Waals surface area contributed by atoms with Crippen molar-refractivity contribution in [3.8, 4) is 0 Å². The summed E-state index contributed by atoms with van der Waals surface area (Å²) in [6, 6.07) is 17.9. The Kier molecular flexibility index (Phi) is 16.9.